The number of carbonyl (C=O) groups is 2. The van der Waals surface area contributed by atoms with Crippen molar-refractivity contribution in [3.05, 3.63) is 0 Å². The highest BCUT2D eigenvalue weighted by atomic mass is 17.3. The van der Waals surface area contributed by atoms with Gasteiger partial charge >= 0.3 is 17.6 Å². The van der Waals surface area contributed by atoms with Crippen LogP contribution in [0.25, 0.3) is 0 Å². The molecule has 0 radical (unpaired) electrons. The molecular weight excluding hydrogens is 302 g/mol. The fourth-order valence-electron chi connectivity index (χ4n) is 3.01. The first kappa shape index (κ1) is 13.7. The molecule has 3 saturated heterocycles. The number of aliphatic imine (C=N–C) groups is 1. The van der Waals surface area contributed by atoms with Gasteiger partial charge in [0, 0.05) is 6.42 Å². The fraction of sp³-hybridized carbons (Fsp3) is 0.700. The van der Waals surface area contributed by atoms with Crippen LogP contribution in [0.1, 0.15) is 6.42 Å². The number of aliphatic hydroxyl groups excluding tert-OH is 2. The average molecular weight is 315 g/mol. The summed E-state index contributed by atoms with van der Waals surface area (Å²) < 4.78 is 5.43. The third-order valence-corrected chi connectivity index (χ3v) is 4.08. The molecule has 12 nitrogen and oxygen atoms in total. The molecule has 0 aromatic rings. The Kier molecular flexibility index (Phi) is 2.52. The van der Waals surface area contributed by atoms with Gasteiger partial charge < -0.3 is 20.7 Å². The zero-order valence-corrected chi connectivity index (χ0v) is 11.1. The molecule has 2 unspecified atom stereocenters. The summed E-state index contributed by atoms with van der Waals surface area (Å²) >= 11 is 0. The van der Waals surface area contributed by atoms with E-state index in [0.717, 1.165) is 4.90 Å². The van der Waals surface area contributed by atoms with Crippen molar-refractivity contribution >= 4 is 17.9 Å². The molecule has 4 rings (SSSR count). The lowest BCUT2D eigenvalue weighted by atomic mass is 10.0. The largest absolute Gasteiger partial charge is 0.394 e. The van der Waals surface area contributed by atoms with Crippen molar-refractivity contribution in [2.24, 2.45) is 10.7 Å². The van der Waals surface area contributed by atoms with Gasteiger partial charge in [0.05, 0.1) is 12.7 Å². The van der Waals surface area contributed by atoms with Gasteiger partial charge in [0.15, 0.2) is 5.96 Å². The van der Waals surface area contributed by atoms with Crippen LogP contribution in [-0.2, 0) is 19.3 Å². The van der Waals surface area contributed by atoms with Crippen molar-refractivity contribution < 1.29 is 34.3 Å². The normalized spacial score (nSPS) is 46.4. The van der Waals surface area contributed by atoms with Gasteiger partial charge in [-0.1, -0.05) is 0 Å². The monoisotopic (exact) mass is 315 g/mol. The maximum Gasteiger partial charge on any atom is 0.339 e. The fourth-order valence-corrected chi connectivity index (χ4v) is 3.01. The van der Waals surface area contributed by atoms with E-state index < -0.39 is 48.6 Å². The van der Waals surface area contributed by atoms with E-state index in [9.17, 15) is 14.7 Å². The van der Waals surface area contributed by atoms with Crippen LogP contribution in [0.5, 0.6) is 0 Å². The van der Waals surface area contributed by atoms with Crippen LogP contribution >= 0.6 is 0 Å². The van der Waals surface area contributed by atoms with Crippen LogP contribution in [-0.4, -0.2) is 69.6 Å². The molecule has 22 heavy (non-hydrogen) atoms. The van der Waals surface area contributed by atoms with Gasteiger partial charge in [-0.3, -0.25) is 15.4 Å². The highest BCUT2D eigenvalue weighted by Gasteiger charge is 2.82. The summed E-state index contributed by atoms with van der Waals surface area (Å²) in [7, 11) is 0. The molecule has 0 aromatic heterocycles. The lowest BCUT2D eigenvalue weighted by Gasteiger charge is -2.50. The number of nitrogens with two attached hydrogens (primary N) is 1. The summed E-state index contributed by atoms with van der Waals surface area (Å²) in [4.78, 5) is 39.1. The molecule has 4 heterocycles. The van der Waals surface area contributed by atoms with Gasteiger partial charge in [-0.15, -0.1) is 0 Å². The average Bonchev–Trinajstić information content (AvgIpc) is 2.88. The topological polar surface area (TPSA) is 168 Å². The van der Waals surface area contributed by atoms with Crippen molar-refractivity contribution in [1.82, 2.24) is 15.5 Å². The van der Waals surface area contributed by atoms with Crippen molar-refractivity contribution in [1.29, 1.82) is 0 Å². The van der Waals surface area contributed by atoms with Crippen LogP contribution in [0.4, 0.5) is 4.79 Å². The Morgan fingerprint density at radius 2 is 2.23 bits per heavy atom. The number of nitrogens with zero attached hydrogens (tertiary/aromatic N) is 2. The first-order valence-electron chi connectivity index (χ1n) is 6.53. The Morgan fingerprint density at radius 1 is 1.45 bits per heavy atom. The summed E-state index contributed by atoms with van der Waals surface area (Å²) in [6.45, 7) is -0.422. The molecule has 0 spiro atoms. The molecule has 3 amide bonds. The van der Waals surface area contributed by atoms with E-state index >= 15 is 0 Å². The van der Waals surface area contributed by atoms with Crippen molar-refractivity contribution in [3.8, 4) is 0 Å². The summed E-state index contributed by atoms with van der Waals surface area (Å²) in [5.74, 6) is -2.83. The predicted molar refractivity (Wildman–Crippen MR) is 64.1 cm³/mol. The van der Waals surface area contributed by atoms with Crippen molar-refractivity contribution in [3.63, 3.8) is 0 Å². The first-order valence-corrected chi connectivity index (χ1v) is 6.53. The van der Waals surface area contributed by atoms with Crippen LogP contribution < -0.4 is 16.4 Å². The maximum atomic E-state index is 12.3. The van der Waals surface area contributed by atoms with Crippen molar-refractivity contribution in [2.45, 2.75) is 36.4 Å². The summed E-state index contributed by atoms with van der Waals surface area (Å²) in [5.41, 5.74) is 3.67. The van der Waals surface area contributed by atoms with E-state index in [-0.39, 0.29) is 12.4 Å². The number of guanidine groups is 1. The SMILES string of the molecule is NC1=NC23OOC2(NC(=O)N3[C@H]2C[C@H](O)[C@@H](CO)O2)C(=O)N1. The van der Waals surface area contributed by atoms with Gasteiger partial charge in [-0.2, -0.15) is 14.8 Å². The quantitative estimate of drug-likeness (QED) is 0.324. The minimum absolute atomic E-state index is 0.0108. The highest BCUT2D eigenvalue weighted by Crippen LogP contribution is 2.50. The van der Waals surface area contributed by atoms with Gasteiger partial charge in [-0.05, 0) is 0 Å². The Hall–Kier alpha value is -1.99. The van der Waals surface area contributed by atoms with Crippen LogP contribution in [0.15, 0.2) is 4.99 Å². The number of amides is 3. The number of urea groups is 1. The maximum absolute atomic E-state index is 12.3. The molecule has 0 saturated carbocycles. The third kappa shape index (κ3) is 1.36. The van der Waals surface area contributed by atoms with Crippen LogP contribution in [0.2, 0.25) is 0 Å². The van der Waals surface area contributed by atoms with Gasteiger partial charge in [0.25, 0.3) is 5.91 Å². The smallest absolute Gasteiger partial charge is 0.339 e. The number of nitrogens with one attached hydrogen (secondary N) is 2. The number of carbonyl (C=O) groups excluding carboxylic acids is 2. The van der Waals surface area contributed by atoms with Gasteiger partial charge in [-0.25, -0.2) is 9.69 Å². The van der Waals surface area contributed by atoms with E-state index in [4.69, 9.17) is 25.4 Å². The Balaban J connectivity index is 1.73. The number of hydrogen-bond acceptors (Lipinski definition) is 9. The molecule has 12 heteroatoms. The second kappa shape index (κ2) is 4.05. The van der Waals surface area contributed by atoms with E-state index in [1.54, 1.807) is 0 Å². The van der Waals surface area contributed by atoms with Crippen LogP contribution in [0.3, 0.4) is 0 Å². The molecule has 3 fully saturated rings. The van der Waals surface area contributed by atoms with E-state index in [0.29, 0.717) is 0 Å². The standard InChI is InChI=1S/C10H13N5O7/c11-7-12-6(18)9-10(13-7,22-21-9)15(8(19)14-9)5-1-3(17)4(2-16)20-5/h3-5,16-17H,1-2H2,(H,14,19)(H3,11,12,13,18)/t3-,4+,5+,9?,10?/m0/s1. The minimum Gasteiger partial charge on any atom is -0.394 e. The molecule has 0 aliphatic carbocycles. The summed E-state index contributed by atoms with van der Waals surface area (Å²) in [6.07, 6.45) is -2.80. The number of aliphatic hydroxyl groups is 2. The highest BCUT2D eigenvalue weighted by molar-refractivity contribution is 6.07. The molecular formula is C10H13N5O7. The van der Waals surface area contributed by atoms with Crippen molar-refractivity contribution in [2.75, 3.05) is 6.61 Å². The lowest BCUT2D eigenvalue weighted by Crippen LogP contribution is -2.81. The minimum atomic E-state index is -1.86. The molecule has 6 N–H and O–H groups in total. The molecule has 0 bridgehead atoms. The first-order chi connectivity index (χ1) is 10.4. The second-order valence-electron chi connectivity index (χ2n) is 5.32. The molecule has 4 aliphatic rings. The van der Waals surface area contributed by atoms with Gasteiger partial charge in [0.2, 0.25) is 0 Å². The zero-order valence-electron chi connectivity index (χ0n) is 11.1. The van der Waals surface area contributed by atoms with Gasteiger partial charge in [0.1, 0.15) is 12.3 Å². The Labute approximate surface area is 122 Å². The zero-order chi connectivity index (χ0) is 15.7. The van der Waals surface area contributed by atoms with E-state index in [1.165, 1.54) is 0 Å². The Morgan fingerprint density at radius 3 is 2.82 bits per heavy atom. The Bertz CT molecular complexity index is 598. The second-order valence-corrected chi connectivity index (χ2v) is 5.32. The number of rotatable bonds is 2. The number of hydrogen-bond donors (Lipinski definition) is 5. The molecule has 120 valence electrons. The summed E-state index contributed by atoms with van der Waals surface area (Å²) in [6, 6.07) is -0.734. The van der Waals surface area contributed by atoms with Crippen LogP contribution in [0, 0.1) is 0 Å². The lowest BCUT2D eigenvalue weighted by molar-refractivity contribution is -0.560. The summed E-state index contributed by atoms with van der Waals surface area (Å²) in [5, 5.41) is 23.5. The van der Waals surface area contributed by atoms with E-state index in [1.807, 2.05) is 0 Å². The molecule has 4 aliphatic heterocycles. The third-order valence-electron chi connectivity index (χ3n) is 4.08. The molecule has 5 atom stereocenters. The number of ether oxygens (including phenoxy) is 1. The predicted octanol–water partition coefficient (Wildman–Crippen LogP) is -3.76. The molecule has 0 aromatic carbocycles. The van der Waals surface area contributed by atoms with E-state index in [2.05, 4.69) is 15.6 Å².